The first kappa shape index (κ1) is 37.9. The minimum Gasteiger partial charge on any atom is -0.459 e. The van der Waals surface area contributed by atoms with E-state index < -0.39 is 23.5 Å². The first-order chi connectivity index (χ1) is 24.2. The molecule has 1 saturated carbocycles. The summed E-state index contributed by atoms with van der Waals surface area (Å²) in [7, 11) is 0. The number of benzene rings is 2. The summed E-state index contributed by atoms with van der Waals surface area (Å²) in [6.07, 6.45) is 11.6. The summed E-state index contributed by atoms with van der Waals surface area (Å²) < 4.78 is 5.34. The van der Waals surface area contributed by atoms with E-state index in [9.17, 15) is 14.4 Å². The van der Waals surface area contributed by atoms with Crippen molar-refractivity contribution in [3.8, 4) is 22.5 Å². The van der Waals surface area contributed by atoms with Gasteiger partial charge in [-0.2, -0.15) is 0 Å². The molecule has 1 unspecified atom stereocenters. The van der Waals surface area contributed by atoms with E-state index >= 15 is 0 Å². The number of ether oxygens (including phenoxy) is 1. The zero-order chi connectivity index (χ0) is 36.8. The number of hydrogen-bond donors (Lipinski definition) is 2. The summed E-state index contributed by atoms with van der Waals surface area (Å²) >= 11 is 1.41. The molecule has 0 aliphatic heterocycles. The summed E-state index contributed by atoms with van der Waals surface area (Å²) in [5, 5.41) is 5.54. The van der Waals surface area contributed by atoms with Crippen molar-refractivity contribution in [1.29, 1.82) is 0 Å². The molecule has 1 aliphatic carbocycles. The van der Waals surface area contributed by atoms with Crippen molar-refractivity contribution in [2.45, 2.75) is 116 Å². The smallest absolute Gasteiger partial charge is 0.325 e. The van der Waals surface area contributed by atoms with E-state index in [-0.39, 0.29) is 24.3 Å². The van der Waals surface area contributed by atoms with Gasteiger partial charge < -0.3 is 15.4 Å². The van der Waals surface area contributed by atoms with E-state index in [1.807, 2.05) is 42.7 Å². The summed E-state index contributed by atoms with van der Waals surface area (Å²) in [5.74, 6) is -0.764. The Kier molecular flexibility index (Phi) is 11.8. The Balaban J connectivity index is 1.27. The molecule has 0 radical (unpaired) electrons. The third kappa shape index (κ3) is 9.91. The average molecular weight is 709 g/mol. The number of hydrogen-bond acceptors (Lipinski definition) is 7. The van der Waals surface area contributed by atoms with Gasteiger partial charge in [0, 0.05) is 34.8 Å². The number of carbonyl (C=O) groups is 3. The first-order valence-corrected chi connectivity index (χ1v) is 18.9. The molecule has 4 aromatic rings. The zero-order valence-electron chi connectivity index (χ0n) is 31.1. The van der Waals surface area contributed by atoms with Gasteiger partial charge >= 0.3 is 5.97 Å². The van der Waals surface area contributed by atoms with Crippen LogP contribution in [-0.2, 0) is 31.6 Å². The van der Waals surface area contributed by atoms with Crippen molar-refractivity contribution in [2.75, 3.05) is 6.54 Å². The fourth-order valence-corrected chi connectivity index (χ4v) is 7.67. The Bertz CT molecular complexity index is 1790. The molecule has 1 atom stereocenters. The lowest BCUT2D eigenvalue weighted by Gasteiger charge is -2.37. The third-order valence-corrected chi connectivity index (χ3v) is 11.1. The van der Waals surface area contributed by atoms with Gasteiger partial charge in [-0.1, -0.05) is 95.5 Å². The summed E-state index contributed by atoms with van der Waals surface area (Å²) in [6.45, 7) is 13.6. The number of aromatic nitrogens is 2. The van der Waals surface area contributed by atoms with Crippen LogP contribution in [0.2, 0.25) is 0 Å². The van der Waals surface area contributed by atoms with E-state index in [0.717, 1.165) is 27.1 Å². The molecule has 1 aliphatic rings. The fourth-order valence-electron chi connectivity index (χ4n) is 6.70. The van der Waals surface area contributed by atoms with Crippen molar-refractivity contribution < 1.29 is 19.1 Å². The van der Waals surface area contributed by atoms with Crippen molar-refractivity contribution in [3.05, 3.63) is 93.9 Å². The third-order valence-electron chi connectivity index (χ3n) is 9.64. The van der Waals surface area contributed by atoms with Crippen LogP contribution in [0.3, 0.4) is 0 Å². The zero-order valence-corrected chi connectivity index (χ0v) is 31.9. The van der Waals surface area contributed by atoms with Crippen LogP contribution < -0.4 is 10.6 Å². The second kappa shape index (κ2) is 15.9. The molecule has 2 heterocycles. The molecule has 0 bridgehead atoms. The number of esters is 1. The molecule has 0 spiro atoms. The van der Waals surface area contributed by atoms with Crippen LogP contribution in [0.4, 0.5) is 0 Å². The number of carbonyl (C=O) groups excluding carboxylic acids is 3. The van der Waals surface area contributed by atoms with Gasteiger partial charge in [-0.05, 0) is 79.7 Å². The van der Waals surface area contributed by atoms with E-state index in [0.29, 0.717) is 16.1 Å². The Morgan fingerprint density at radius 1 is 0.824 bits per heavy atom. The highest BCUT2D eigenvalue weighted by Gasteiger charge is 2.32. The van der Waals surface area contributed by atoms with E-state index in [1.54, 1.807) is 26.8 Å². The van der Waals surface area contributed by atoms with Crippen LogP contribution >= 0.6 is 11.3 Å². The molecule has 1 fully saturated rings. The normalized spacial score (nSPS) is 15.1. The molecular formula is C42H52N4O4S. The molecule has 0 saturated heterocycles. The number of rotatable bonds is 11. The van der Waals surface area contributed by atoms with Gasteiger partial charge in [-0.15, -0.1) is 11.3 Å². The highest BCUT2D eigenvalue weighted by Crippen LogP contribution is 2.42. The van der Waals surface area contributed by atoms with E-state index in [1.165, 1.54) is 55.4 Å². The number of amides is 2. The van der Waals surface area contributed by atoms with Gasteiger partial charge in [0.2, 0.25) is 5.91 Å². The number of nitrogens with zero attached hydrogens (tertiary/aromatic N) is 2. The monoisotopic (exact) mass is 708 g/mol. The lowest BCUT2D eigenvalue weighted by molar-refractivity contribution is -0.154. The van der Waals surface area contributed by atoms with Gasteiger partial charge in [-0.25, -0.2) is 9.97 Å². The SMILES string of the molecule is CCC1(c2ccc(-c3cnc(-c4ccc(CC(NC(=O)c5ccc(C(C)(C)C)s5)C(=O)NCC(=O)OC(C)(C)C)cc4)nc3)cc2)CCCCC1. The van der Waals surface area contributed by atoms with Crippen LogP contribution in [0.15, 0.2) is 73.1 Å². The standard InChI is InChI=1S/C42H52N4O4S/c1-8-42(22-10-9-11-23-42)32-18-16-29(17-19-32)31-25-43-37(44-26-31)30-14-12-28(13-15-30)24-33(38(48)45-27-36(47)50-41(5,6)7)46-39(49)34-20-21-35(51-34)40(2,3)4/h12-21,25-26,33H,8-11,22-24,27H2,1-7H3,(H,45,48)(H,46,49). The lowest BCUT2D eigenvalue weighted by Crippen LogP contribution is -2.49. The summed E-state index contributed by atoms with van der Waals surface area (Å²) in [6, 6.07) is 19.4. The predicted octanol–water partition coefficient (Wildman–Crippen LogP) is 8.58. The second-order valence-electron chi connectivity index (χ2n) is 15.7. The molecule has 8 nitrogen and oxygen atoms in total. The van der Waals surface area contributed by atoms with E-state index in [4.69, 9.17) is 4.74 Å². The van der Waals surface area contributed by atoms with Crippen molar-refractivity contribution >= 4 is 29.1 Å². The maximum absolute atomic E-state index is 13.4. The topological polar surface area (TPSA) is 110 Å². The van der Waals surface area contributed by atoms with Crippen LogP contribution in [0, 0.1) is 0 Å². The van der Waals surface area contributed by atoms with Gasteiger partial charge in [-0.3, -0.25) is 14.4 Å². The highest BCUT2D eigenvalue weighted by atomic mass is 32.1. The van der Waals surface area contributed by atoms with E-state index in [2.05, 4.69) is 72.6 Å². The minimum atomic E-state index is -0.918. The molecule has 9 heteroatoms. The first-order valence-electron chi connectivity index (χ1n) is 18.1. The molecular weight excluding hydrogens is 657 g/mol. The fraction of sp³-hybridized carbons (Fsp3) is 0.452. The predicted molar refractivity (Wildman–Crippen MR) is 205 cm³/mol. The van der Waals surface area contributed by atoms with Gasteiger partial charge in [0.25, 0.3) is 5.91 Å². The minimum absolute atomic E-state index is 0.100. The van der Waals surface area contributed by atoms with Gasteiger partial charge in [0.15, 0.2) is 5.82 Å². The quantitative estimate of drug-likeness (QED) is 0.151. The molecule has 2 amide bonds. The van der Waals surface area contributed by atoms with Gasteiger partial charge in [0.05, 0.1) is 4.88 Å². The van der Waals surface area contributed by atoms with Crippen molar-refractivity contribution in [2.24, 2.45) is 0 Å². The maximum atomic E-state index is 13.4. The van der Waals surface area contributed by atoms with Crippen LogP contribution in [0.25, 0.3) is 22.5 Å². The number of thiophene rings is 1. The summed E-state index contributed by atoms with van der Waals surface area (Å²) in [4.78, 5) is 49.9. The Hall–Kier alpha value is -4.37. The maximum Gasteiger partial charge on any atom is 0.325 e. The number of nitrogens with one attached hydrogen (secondary N) is 2. The Labute approximate surface area is 306 Å². The Morgan fingerprint density at radius 2 is 1.45 bits per heavy atom. The lowest BCUT2D eigenvalue weighted by atomic mass is 9.68. The molecule has 5 rings (SSSR count). The summed E-state index contributed by atoms with van der Waals surface area (Å²) in [5.41, 5.74) is 4.70. The molecule has 2 aromatic heterocycles. The highest BCUT2D eigenvalue weighted by molar-refractivity contribution is 7.14. The Morgan fingerprint density at radius 3 is 2.02 bits per heavy atom. The van der Waals surface area contributed by atoms with Crippen LogP contribution in [0.1, 0.15) is 113 Å². The second-order valence-corrected chi connectivity index (χ2v) is 16.8. The molecule has 2 N–H and O–H groups in total. The van der Waals surface area contributed by atoms with Gasteiger partial charge in [0.1, 0.15) is 18.2 Å². The molecule has 2 aromatic carbocycles. The van der Waals surface area contributed by atoms with Crippen LogP contribution in [-0.4, -0.2) is 45.9 Å². The largest absolute Gasteiger partial charge is 0.459 e. The molecule has 270 valence electrons. The average Bonchev–Trinajstić information content (AvgIpc) is 3.62. The molecule has 51 heavy (non-hydrogen) atoms. The van der Waals surface area contributed by atoms with Crippen molar-refractivity contribution in [3.63, 3.8) is 0 Å². The van der Waals surface area contributed by atoms with Crippen LogP contribution in [0.5, 0.6) is 0 Å². The van der Waals surface area contributed by atoms with Crippen molar-refractivity contribution in [1.82, 2.24) is 20.6 Å².